The molecule has 0 aliphatic carbocycles. The highest BCUT2D eigenvalue weighted by molar-refractivity contribution is 6.60. The quantitative estimate of drug-likeness (QED) is 0.288. The summed E-state index contributed by atoms with van der Waals surface area (Å²) in [6.07, 6.45) is 1.25. The van der Waals surface area contributed by atoms with Gasteiger partial charge in [-0.05, 0) is 25.7 Å². The van der Waals surface area contributed by atoms with Gasteiger partial charge < -0.3 is 26.6 Å². The number of hydrogen-bond acceptors (Lipinski definition) is 9. The Bertz CT molecular complexity index is 518. The van der Waals surface area contributed by atoms with E-state index in [0.717, 1.165) is 0 Å². The van der Waals surface area contributed by atoms with Gasteiger partial charge in [0, 0.05) is 54.7 Å². The van der Waals surface area contributed by atoms with Crippen LogP contribution in [0.15, 0.2) is 0 Å². The van der Waals surface area contributed by atoms with Crippen LogP contribution >= 0.6 is 0 Å². The van der Waals surface area contributed by atoms with Gasteiger partial charge in [-0.15, -0.1) is 0 Å². The number of hydrogen-bond donors (Lipinski definition) is 2. The molecule has 11 nitrogen and oxygen atoms in total. The summed E-state index contributed by atoms with van der Waals surface area (Å²) in [5.74, 6) is -1.24. The zero-order chi connectivity index (χ0) is 22.1. The summed E-state index contributed by atoms with van der Waals surface area (Å²) in [5.41, 5.74) is -1.40. The number of carbonyl (C=O) groups is 3. The Morgan fingerprint density at radius 3 is 1.24 bits per heavy atom. The number of carbonyl (C=O) groups excluding carboxylic acids is 3. The first-order valence-electron chi connectivity index (χ1n) is 9.20. The van der Waals surface area contributed by atoms with E-state index >= 15 is 0 Å². The summed E-state index contributed by atoms with van der Waals surface area (Å²) in [6, 6.07) is 0.0127. The third-order valence-corrected chi connectivity index (χ3v) is 11.0. The summed E-state index contributed by atoms with van der Waals surface area (Å²) < 4.78 is 32.4. The van der Waals surface area contributed by atoms with Gasteiger partial charge in [0.15, 0.2) is 0 Å². The Labute approximate surface area is 173 Å². The molecule has 1 saturated heterocycles. The molecular weight excluding hydrogens is 420 g/mol. The first-order chi connectivity index (χ1) is 13.7. The molecule has 0 aromatic rings. The van der Waals surface area contributed by atoms with Crippen LogP contribution in [0.5, 0.6) is 0 Å². The van der Waals surface area contributed by atoms with Crippen molar-refractivity contribution >= 4 is 35.5 Å². The minimum atomic E-state index is -2.85. The Morgan fingerprint density at radius 1 is 0.655 bits per heavy atom. The van der Waals surface area contributed by atoms with Crippen molar-refractivity contribution < 1.29 is 40.9 Å². The third-order valence-electron chi connectivity index (χ3n) is 5.36. The topological polar surface area (TPSA) is 131 Å². The monoisotopic (exact) mass is 452 g/mol. The molecule has 0 aromatic carbocycles. The van der Waals surface area contributed by atoms with Gasteiger partial charge in [-0.3, -0.25) is 20.2 Å². The predicted octanol–water partition coefficient (Wildman–Crippen LogP) is 0.655. The van der Waals surface area contributed by atoms with E-state index < -0.39 is 40.9 Å². The number of barbiturate groups is 1. The van der Waals surface area contributed by atoms with Crippen LogP contribution in [0.2, 0.25) is 12.1 Å². The molecule has 0 saturated carbocycles. The highest BCUT2D eigenvalue weighted by atomic mass is 28.4. The van der Waals surface area contributed by atoms with E-state index in [4.69, 9.17) is 26.6 Å². The predicted molar refractivity (Wildman–Crippen MR) is 106 cm³/mol. The zero-order valence-corrected chi connectivity index (χ0v) is 19.9. The lowest BCUT2D eigenvalue weighted by molar-refractivity contribution is -0.145. The molecule has 4 amide bonds. The Kier molecular flexibility index (Phi) is 10.0. The summed E-state index contributed by atoms with van der Waals surface area (Å²) in [7, 11) is 3.28. The van der Waals surface area contributed by atoms with Crippen molar-refractivity contribution in [3.63, 3.8) is 0 Å². The van der Waals surface area contributed by atoms with Crippen LogP contribution in [0, 0.1) is 5.41 Å². The maximum atomic E-state index is 12.7. The summed E-state index contributed by atoms with van der Waals surface area (Å²) in [4.78, 5) is 37.0. The van der Waals surface area contributed by atoms with E-state index in [1.807, 2.05) is 0 Å². The van der Waals surface area contributed by atoms with Crippen molar-refractivity contribution in [3.8, 4) is 0 Å². The second-order valence-corrected chi connectivity index (χ2v) is 12.8. The summed E-state index contributed by atoms with van der Waals surface area (Å²) in [5, 5.41) is 4.41. The van der Waals surface area contributed by atoms with Crippen LogP contribution in [0.4, 0.5) is 4.79 Å². The summed E-state index contributed by atoms with van der Waals surface area (Å²) >= 11 is 0. The van der Waals surface area contributed by atoms with Crippen LogP contribution < -0.4 is 10.6 Å². The second-order valence-electron chi connectivity index (χ2n) is 6.62. The number of rotatable bonds is 14. The van der Waals surface area contributed by atoms with E-state index in [-0.39, 0.29) is 12.8 Å². The van der Waals surface area contributed by atoms with Crippen molar-refractivity contribution in [1.29, 1.82) is 0 Å². The molecule has 0 spiro atoms. The third kappa shape index (κ3) is 5.91. The van der Waals surface area contributed by atoms with Gasteiger partial charge in [0.1, 0.15) is 5.41 Å². The van der Waals surface area contributed by atoms with Crippen LogP contribution in [-0.2, 0) is 36.1 Å². The molecule has 2 N–H and O–H groups in total. The number of nitrogens with one attached hydrogen (secondary N) is 2. The minimum Gasteiger partial charge on any atom is -0.377 e. The fourth-order valence-electron chi connectivity index (χ4n) is 3.48. The lowest BCUT2D eigenvalue weighted by Crippen LogP contribution is -2.62. The fourth-order valence-corrected chi connectivity index (χ4v) is 6.93. The SMILES string of the molecule is CO[Si](CCCC1(CCC[Si](OC)(OC)OC)C(=O)NC(=O)NC1=O)(OC)OC. The van der Waals surface area contributed by atoms with Crippen LogP contribution in [0.3, 0.4) is 0 Å². The Balaban J connectivity index is 2.95. The smallest absolute Gasteiger partial charge is 0.377 e. The largest absolute Gasteiger partial charge is 0.500 e. The highest BCUT2D eigenvalue weighted by Crippen LogP contribution is 2.36. The van der Waals surface area contributed by atoms with Crippen molar-refractivity contribution in [2.75, 3.05) is 42.7 Å². The maximum absolute atomic E-state index is 12.7. The van der Waals surface area contributed by atoms with Gasteiger partial charge in [-0.1, -0.05) is 0 Å². The molecule has 0 radical (unpaired) electrons. The van der Waals surface area contributed by atoms with Gasteiger partial charge in [0.25, 0.3) is 0 Å². The molecule has 29 heavy (non-hydrogen) atoms. The van der Waals surface area contributed by atoms with Crippen LogP contribution in [0.25, 0.3) is 0 Å². The van der Waals surface area contributed by atoms with Gasteiger partial charge in [0.2, 0.25) is 11.8 Å². The Hall–Kier alpha value is -1.20. The van der Waals surface area contributed by atoms with E-state index in [9.17, 15) is 14.4 Å². The molecule has 0 bridgehead atoms. The van der Waals surface area contributed by atoms with Gasteiger partial charge in [-0.2, -0.15) is 0 Å². The maximum Gasteiger partial charge on any atom is 0.500 e. The summed E-state index contributed by atoms with van der Waals surface area (Å²) in [6.45, 7) is 0. The molecule has 1 fully saturated rings. The molecule has 13 heteroatoms. The molecule has 0 aromatic heterocycles. The van der Waals surface area contributed by atoms with Crippen LogP contribution in [0.1, 0.15) is 25.7 Å². The van der Waals surface area contributed by atoms with Gasteiger partial charge in [-0.25, -0.2) is 4.79 Å². The molecule has 1 rings (SSSR count). The van der Waals surface area contributed by atoms with Gasteiger partial charge >= 0.3 is 23.6 Å². The number of imide groups is 2. The average Bonchev–Trinajstić information content (AvgIpc) is 2.72. The van der Waals surface area contributed by atoms with E-state index in [0.29, 0.717) is 24.9 Å². The first-order valence-corrected chi connectivity index (χ1v) is 13.1. The standard InChI is InChI=1S/C16H32N2O9Si2/c1-22-28(23-2,24-3)11-7-9-16(13(19)17-15(21)18-14(16)20)10-8-12-29(25-4,26-5)27-6/h7-12H2,1-6H3,(H2,17,18,19,20,21). The molecule has 1 aliphatic heterocycles. The van der Waals surface area contributed by atoms with Crippen molar-refractivity contribution in [3.05, 3.63) is 0 Å². The van der Waals surface area contributed by atoms with Gasteiger partial charge in [0.05, 0.1) is 0 Å². The van der Waals surface area contributed by atoms with E-state index in [1.165, 1.54) is 42.7 Å². The lowest BCUT2D eigenvalue weighted by atomic mass is 9.76. The number of amides is 4. The van der Waals surface area contributed by atoms with Crippen LogP contribution in [-0.4, -0.2) is 78.1 Å². The van der Waals surface area contributed by atoms with Crippen molar-refractivity contribution in [2.45, 2.75) is 37.8 Å². The zero-order valence-electron chi connectivity index (χ0n) is 17.9. The van der Waals surface area contributed by atoms with E-state index in [1.54, 1.807) is 0 Å². The molecule has 168 valence electrons. The molecular formula is C16H32N2O9Si2. The molecule has 1 aliphatic rings. The average molecular weight is 453 g/mol. The minimum absolute atomic E-state index is 0.199. The highest BCUT2D eigenvalue weighted by Gasteiger charge is 2.51. The lowest BCUT2D eigenvalue weighted by Gasteiger charge is -2.35. The molecule has 0 atom stereocenters. The molecule has 0 unspecified atom stereocenters. The first kappa shape index (κ1) is 25.8. The fraction of sp³-hybridized carbons (Fsp3) is 0.812. The number of urea groups is 1. The molecule has 1 heterocycles. The van der Waals surface area contributed by atoms with E-state index in [2.05, 4.69) is 10.6 Å². The second kappa shape index (κ2) is 11.3. The van der Waals surface area contributed by atoms with Crippen molar-refractivity contribution in [2.24, 2.45) is 5.41 Å². The normalized spacial score (nSPS) is 17.2. The van der Waals surface area contributed by atoms with Crippen molar-refractivity contribution in [1.82, 2.24) is 10.6 Å². The Morgan fingerprint density at radius 2 is 0.966 bits per heavy atom.